The van der Waals surface area contributed by atoms with E-state index in [2.05, 4.69) is 26.0 Å². The number of hydrogen-bond donors (Lipinski definition) is 2. The fraction of sp³-hybridized carbons (Fsp3) is 0.250. The minimum atomic E-state index is -0.186. The van der Waals surface area contributed by atoms with E-state index in [1.165, 1.54) is 23.1 Å². The summed E-state index contributed by atoms with van der Waals surface area (Å²) >= 11 is 2.72. The average Bonchev–Trinajstić information content (AvgIpc) is 3.27. The lowest BCUT2D eigenvalue weighted by Gasteiger charge is -2.03. The number of thioether (sulfide) groups is 1. The summed E-state index contributed by atoms with van der Waals surface area (Å²) in [6.45, 7) is 2.42. The van der Waals surface area contributed by atoms with Crippen LogP contribution < -0.4 is 15.4 Å². The molecule has 0 bridgehead atoms. The summed E-state index contributed by atoms with van der Waals surface area (Å²) in [5.74, 6) is 1.19. The lowest BCUT2D eigenvalue weighted by atomic mass is 10.2. The van der Waals surface area contributed by atoms with Crippen molar-refractivity contribution in [3.05, 3.63) is 41.6 Å². The number of aryl methyl sites for hydroxylation is 1. The van der Waals surface area contributed by atoms with Gasteiger partial charge in [-0.1, -0.05) is 40.4 Å². The second kappa shape index (κ2) is 8.68. The Hall–Kier alpha value is -2.59. The van der Waals surface area contributed by atoms with Gasteiger partial charge in [0.1, 0.15) is 5.75 Å². The van der Waals surface area contributed by atoms with Gasteiger partial charge in [-0.05, 0) is 24.6 Å². The summed E-state index contributed by atoms with van der Waals surface area (Å²) in [7, 11) is 1.64. The van der Waals surface area contributed by atoms with E-state index in [-0.39, 0.29) is 11.7 Å². The largest absolute Gasteiger partial charge is 0.497 e. The number of anilines is 2. The molecule has 0 aliphatic heterocycles. The first-order valence-corrected chi connectivity index (χ1v) is 9.49. The third kappa shape index (κ3) is 5.20. The normalized spacial score (nSPS) is 10.5. The quantitative estimate of drug-likeness (QED) is 0.565. The van der Waals surface area contributed by atoms with E-state index in [1.807, 2.05) is 24.3 Å². The number of ether oxygens (including phenoxy) is 1. The van der Waals surface area contributed by atoms with Gasteiger partial charge in [0.05, 0.1) is 18.6 Å². The highest BCUT2D eigenvalue weighted by molar-refractivity contribution is 8.01. The molecule has 0 saturated heterocycles. The van der Waals surface area contributed by atoms with Gasteiger partial charge in [0.25, 0.3) is 0 Å². The number of rotatable bonds is 8. The lowest BCUT2D eigenvalue weighted by Crippen LogP contribution is -2.13. The number of nitrogens with zero attached hydrogens (tertiary/aromatic N) is 3. The Bertz CT molecular complexity index is 863. The number of carbonyl (C=O) groups is 1. The van der Waals surface area contributed by atoms with Crippen LogP contribution in [0.3, 0.4) is 0 Å². The van der Waals surface area contributed by atoms with Crippen molar-refractivity contribution in [2.24, 2.45) is 0 Å². The molecular formula is C16H17N5O3S2. The van der Waals surface area contributed by atoms with Gasteiger partial charge in [0.15, 0.2) is 4.34 Å². The van der Waals surface area contributed by atoms with Crippen LogP contribution >= 0.6 is 23.1 Å². The molecule has 0 aliphatic carbocycles. The van der Waals surface area contributed by atoms with Crippen LogP contribution in [0.1, 0.15) is 11.3 Å². The molecule has 10 heteroatoms. The Morgan fingerprint density at radius 2 is 2.12 bits per heavy atom. The van der Waals surface area contributed by atoms with Gasteiger partial charge < -0.3 is 14.6 Å². The molecule has 0 saturated carbocycles. The van der Waals surface area contributed by atoms with E-state index in [4.69, 9.17) is 9.26 Å². The van der Waals surface area contributed by atoms with Gasteiger partial charge in [-0.25, -0.2) is 0 Å². The van der Waals surface area contributed by atoms with Crippen LogP contribution in [0.2, 0.25) is 0 Å². The van der Waals surface area contributed by atoms with E-state index < -0.39 is 0 Å². The Balaban J connectivity index is 1.44. The molecular weight excluding hydrogens is 374 g/mol. The Labute approximate surface area is 158 Å². The van der Waals surface area contributed by atoms with Crippen molar-refractivity contribution in [2.75, 3.05) is 23.5 Å². The topological polar surface area (TPSA) is 102 Å². The smallest absolute Gasteiger partial charge is 0.237 e. The minimum Gasteiger partial charge on any atom is -0.497 e. The molecule has 1 aromatic carbocycles. The highest BCUT2D eigenvalue weighted by Gasteiger charge is 2.10. The molecule has 0 aliphatic rings. The lowest BCUT2D eigenvalue weighted by molar-refractivity contribution is -0.113. The molecule has 2 aromatic heterocycles. The molecule has 136 valence electrons. The first-order valence-electron chi connectivity index (χ1n) is 7.68. The van der Waals surface area contributed by atoms with E-state index in [0.29, 0.717) is 27.6 Å². The van der Waals surface area contributed by atoms with E-state index >= 15 is 0 Å². The molecule has 0 atom stereocenters. The SMILES string of the molecule is COc1ccc(CNc2nnc(SCC(=O)Nc3cc(C)no3)s2)cc1. The number of carbonyl (C=O) groups excluding carboxylic acids is 1. The Morgan fingerprint density at radius 1 is 1.31 bits per heavy atom. The Morgan fingerprint density at radius 3 is 2.81 bits per heavy atom. The third-order valence-corrected chi connectivity index (χ3v) is 5.24. The number of amides is 1. The number of aromatic nitrogens is 3. The zero-order valence-electron chi connectivity index (χ0n) is 14.2. The van der Waals surface area contributed by atoms with Crippen molar-refractivity contribution in [3.63, 3.8) is 0 Å². The molecule has 0 fully saturated rings. The summed E-state index contributed by atoms with van der Waals surface area (Å²) in [5.41, 5.74) is 1.82. The van der Waals surface area contributed by atoms with E-state index in [0.717, 1.165) is 11.3 Å². The average molecular weight is 391 g/mol. The monoisotopic (exact) mass is 391 g/mol. The van der Waals surface area contributed by atoms with Crippen molar-refractivity contribution in [2.45, 2.75) is 17.8 Å². The standard InChI is InChI=1S/C16H17N5O3S2/c1-10-7-14(24-21-10)18-13(22)9-25-16-20-19-15(26-16)17-8-11-3-5-12(23-2)6-4-11/h3-7H,8-9H2,1-2H3,(H,17,19)(H,18,22). The highest BCUT2D eigenvalue weighted by Crippen LogP contribution is 2.26. The maximum Gasteiger partial charge on any atom is 0.237 e. The zero-order valence-corrected chi connectivity index (χ0v) is 15.8. The summed E-state index contributed by atoms with van der Waals surface area (Å²) in [5, 5.41) is 18.4. The van der Waals surface area contributed by atoms with Crippen LogP contribution in [0.5, 0.6) is 5.75 Å². The van der Waals surface area contributed by atoms with Gasteiger partial charge in [-0.15, -0.1) is 10.2 Å². The summed E-state index contributed by atoms with van der Waals surface area (Å²) in [6.07, 6.45) is 0. The molecule has 8 nitrogen and oxygen atoms in total. The molecule has 1 amide bonds. The molecule has 2 N–H and O–H groups in total. The third-order valence-electron chi connectivity index (χ3n) is 3.23. The Kier molecular flexibility index (Phi) is 6.08. The predicted molar refractivity (Wildman–Crippen MR) is 101 cm³/mol. The van der Waals surface area contributed by atoms with Crippen LogP contribution in [0.15, 0.2) is 39.2 Å². The summed E-state index contributed by atoms with van der Waals surface area (Å²) in [6, 6.07) is 9.45. The van der Waals surface area contributed by atoms with Gasteiger partial charge in [0.2, 0.25) is 16.9 Å². The van der Waals surface area contributed by atoms with Gasteiger partial charge in [-0.2, -0.15) is 0 Å². The molecule has 2 heterocycles. The maximum atomic E-state index is 11.9. The van der Waals surface area contributed by atoms with E-state index in [9.17, 15) is 4.79 Å². The van der Waals surface area contributed by atoms with Crippen LogP contribution in [0.25, 0.3) is 0 Å². The molecule has 0 spiro atoms. The molecule has 0 radical (unpaired) electrons. The fourth-order valence-corrected chi connectivity index (χ4v) is 3.53. The van der Waals surface area contributed by atoms with Crippen LogP contribution in [-0.2, 0) is 11.3 Å². The fourth-order valence-electron chi connectivity index (χ4n) is 1.98. The predicted octanol–water partition coefficient (Wildman–Crippen LogP) is 3.19. The second-order valence-electron chi connectivity index (χ2n) is 5.24. The summed E-state index contributed by atoms with van der Waals surface area (Å²) in [4.78, 5) is 11.9. The second-order valence-corrected chi connectivity index (χ2v) is 7.44. The first kappa shape index (κ1) is 18.2. The minimum absolute atomic E-state index is 0.186. The first-order chi connectivity index (χ1) is 12.6. The van der Waals surface area contributed by atoms with Crippen LogP contribution in [-0.4, -0.2) is 34.1 Å². The van der Waals surface area contributed by atoms with Gasteiger partial charge in [0, 0.05) is 12.6 Å². The zero-order chi connectivity index (χ0) is 18.4. The van der Waals surface area contributed by atoms with Crippen molar-refractivity contribution in [1.29, 1.82) is 0 Å². The highest BCUT2D eigenvalue weighted by atomic mass is 32.2. The van der Waals surface area contributed by atoms with Crippen molar-refractivity contribution < 1.29 is 14.1 Å². The molecule has 3 aromatic rings. The number of hydrogen-bond acceptors (Lipinski definition) is 9. The van der Waals surface area contributed by atoms with Gasteiger partial charge >= 0.3 is 0 Å². The van der Waals surface area contributed by atoms with E-state index in [1.54, 1.807) is 20.1 Å². The maximum absolute atomic E-state index is 11.9. The number of benzene rings is 1. The van der Waals surface area contributed by atoms with Crippen molar-refractivity contribution in [3.8, 4) is 5.75 Å². The van der Waals surface area contributed by atoms with Crippen LogP contribution in [0, 0.1) is 6.92 Å². The molecule has 26 heavy (non-hydrogen) atoms. The van der Waals surface area contributed by atoms with Crippen LogP contribution in [0.4, 0.5) is 11.0 Å². The summed E-state index contributed by atoms with van der Waals surface area (Å²) < 4.78 is 10.8. The molecule has 3 rings (SSSR count). The number of methoxy groups -OCH3 is 1. The van der Waals surface area contributed by atoms with Crippen molar-refractivity contribution >= 4 is 40.0 Å². The van der Waals surface area contributed by atoms with Crippen molar-refractivity contribution in [1.82, 2.24) is 15.4 Å². The molecule has 0 unspecified atom stereocenters. The van der Waals surface area contributed by atoms with Gasteiger partial charge in [-0.3, -0.25) is 10.1 Å². The number of nitrogens with one attached hydrogen (secondary N) is 2.